The highest BCUT2D eigenvalue weighted by molar-refractivity contribution is 7.26. The van der Waals surface area contributed by atoms with E-state index < -0.39 is 11.8 Å². The van der Waals surface area contributed by atoms with E-state index in [1.54, 1.807) is 16.0 Å². The third-order valence-electron chi connectivity index (χ3n) is 32.3. The smallest absolute Gasteiger partial charge is 0.362 e. The lowest BCUT2D eigenvalue weighted by atomic mass is 9.82. The first-order chi connectivity index (χ1) is 69.8. The molecule has 3 aliphatic carbocycles. The number of rotatable bonds is 51. The summed E-state index contributed by atoms with van der Waals surface area (Å²) in [6.45, 7) is 19.3. The minimum atomic E-state index is -0.392. The number of imide groups is 2. The number of aryl methyl sites for hydroxylation is 1. The minimum absolute atomic E-state index is 0.00855. The van der Waals surface area contributed by atoms with Crippen LogP contribution in [-0.2, 0) is 53.5 Å². The van der Waals surface area contributed by atoms with E-state index in [4.69, 9.17) is 14.2 Å². The summed E-state index contributed by atoms with van der Waals surface area (Å²) in [4.78, 5) is 72.0. The molecule has 10 heterocycles. The van der Waals surface area contributed by atoms with Crippen molar-refractivity contribution in [1.82, 2.24) is 20.4 Å². The molecule has 3 fully saturated rings. The summed E-state index contributed by atoms with van der Waals surface area (Å²) in [6.07, 6.45) is 59.4. The first kappa shape index (κ1) is 99.0. The van der Waals surface area contributed by atoms with E-state index in [0.29, 0.717) is 65.4 Å². The van der Waals surface area contributed by atoms with Gasteiger partial charge in [0, 0.05) is 136 Å². The van der Waals surface area contributed by atoms with E-state index >= 15 is 19.2 Å². The second-order valence-corrected chi connectivity index (χ2v) is 45.5. The highest BCUT2D eigenvalue weighted by Gasteiger charge is 2.53. The molecule has 2 N–H and O–H groups in total. The number of hydrogen-bond donors (Lipinski definition) is 2. The molecule has 3 saturated carbocycles. The molecule has 13 aromatic rings. The number of unbranched alkanes of at least 4 members (excludes halogenated alkanes) is 20. The van der Waals surface area contributed by atoms with Crippen LogP contribution in [0.1, 0.15) is 307 Å². The van der Waals surface area contributed by atoms with Crippen LogP contribution < -0.4 is 28.9 Å². The number of nitrogens with one attached hydrogen (secondary N) is 2. The van der Waals surface area contributed by atoms with Gasteiger partial charge in [-0.3, -0.25) is 34.7 Å². The van der Waals surface area contributed by atoms with Crippen molar-refractivity contribution in [2.24, 2.45) is 35.5 Å². The Hall–Kier alpha value is -10.4. The number of fused-ring (bicyclic) bond motifs is 12. The monoisotopic (exact) mass is 1960 g/mol. The van der Waals surface area contributed by atoms with Crippen LogP contribution in [-0.4, -0.2) is 78.0 Å². The SMILES string of the molecule is C=CC1CC(/C=C\C2CC(/C=C\C3CC(/C=C\c4ccccc4)CC3OCNCc3ccc(-c4sc(-c5ccc(C)s5)c(CCCCCCCC)c4CCCCCCCC)s3)CC2OCNCc2ccc3c(c2)[n+]2c(c4[n+]3C[n+]3ccccc3-4)-c3cccc[n+]3C2)CC1OCN1C(=O)c2ccc3c4ccc5c6c(ccc(c7ccc(c2c37)C1=O)c64)C(=O)N(C(CCCCCCCC)CCCCCCCC)C5=O. The molecule has 9 unspecified atom stereocenters. The Morgan fingerprint density at radius 2 is 0.880 bits per heavy atom. The van der Waals surface area contributed by atoms with E-state index in [2.05, 4.69) is 239 Å². The Kier molecular flexibility index (Phi) is 32.3. The van der Waals surface area contributed by atoms with E-state index in [-0.39, 0.29) is 72.5 Å². The number of carbonyl (C=O) groups excluding carboxylic acids is 4. The van der Waals surface area contributed by atoms with E-state index in [1.807, 2.05) is 77.3 Å². The third kappa shape index (κ3) is 21.1. The average Bonchev–Trinajstić information content (AvgIpc) is 0.946. The summed E-state index contributed by atoms with van der Waals surface area (Å²) >= 11 is 5.99. The molecule has 142 heavy (non-hydrogen) atoms. The number of carbonyl (C=O) groups is 4. The number of thiophene rings is 3. The largest absolute Gasteiger partial charge is 0.363 e. The summed E-state index contributed by atoms with van der Waals surface area (Å²) in [5.41, 5.74) is 15.0. The molecule has 4 aliphatic heterocycles. The summed E-state index contributed by atoms with van der Waals surface area (Å²) in [7, 11) is 0. The molecular weight excluding hydrogens is 1810 g/mol. The van der Waals surface area contributed by atoms with Crippen molar-refractivity contribution >= 4 is 118 Å². The number of hydrogen-bond acceptors (Lipinski definition) is 12. The topological polar surface area (TPSA) is 142 Å². The van der Waals surface area contributed by atoms with Gasteiger partial charge in [-0.1, -0.05) is 272 Å². The van der Waals surface area contributed by atoms with Crippen LogP contribution in [0.5, 0.6) is 0 Å². The summed E-state index contributed by atoms with van der Waals surface area (Å²) in [6, 6.07) is 55.7. The number of allylic oxidation sites excluding steroid dienone is 3. The molecule has 6 aromatic heterocycles. The molecule has 0 saturated heterocycles. The molecule has 7 aromatic carbocycles. The Balaban J connectivity index is 0.525. The lowest BCUT2D eigenvalue weighted by Gasteiger charge is -2.35. The van der Waals surface area contributed by atoms with E-state index in [9.17, 15) is 0 Å². The van der Waals surface area contributed by atoms with E-state index in [1.165, 1.54) is 208 Å². The highest BCUT2D eigenvalue weighted by Crippen LogP contribution is 2.51. The van der Waals surface area contributed by atoms with Gasteiger partial charge in [0.05, 0.1) is 31.8 Å². The number of amides is 4. The van der Waals surface area contributed by atoms with Crippen LogP contribution in [0.2, 0.25) is 0 Å². The minimum Gasteiger partial charge on any atom is -0.362 e. The maximum Gasteiger partial charge on any atom is 0.363 e. The van der Waals surface area contributed by atoms with Crippen molar-refractivity contribution in [3.8, 4) is 42.3 Å². The van der Waals surface area contributed by atoms with Crippen molar-refractivity contribution in [3.05, 3.63) is 267 Å². The number of aromatic nitrogens is 4. The molecule has 7 aliphatic rings. The molecule has 738 valence electrons. The van der Waals surface area contributed by atoms with Gasteiger partial charge in [-0.25, -0.2) is 4.90 Å². The number of nitrogens with zero attached hydrogens (tertiary/aromatic N) is 6. The van der Waals surface area contributed by atoms with Gasteiger partial charge in [-0.05, 0) is 217 Å². The fourth-order valence-corrected chi connectivity index (χ4v) is 28.3. The van der Waals surface area contributed by atoms with Gasteiger partial charge in [-0.15, -0.1) is 58.9 Å². The maximum atomic E-state index is 15.2. The van der Waals surface area contributed by atoms with Crippen molar-refractivity contribution in [2.45, 2.75) is 304 Å². The van der Waals surface area contributed by atoms with Crippen molar-refractivity contribution < 1.29 is 51.7 Å². The third-order valence-corrected chi connectivity index (χ3v) is 36.0. The van der Waals surface area contributed by atoms with Gasteiger partial charge in [0.15, 0.2) is 12.4 Å². The molecule has 0 bridgehead atoms. The average molecular weight is 1960 g/mol. The van der Waals surface area contributed by atoms with Crippen molar-refractivity contribution in [3.63, 3.8) is 0 Å². The van der Waals surface area contributed by atoms with Gasteiger partial charge < -0.3 is 14.2 Å². The zero-order valence-corrected chi connectivity index (χ0v) is 86.9. The normalized spacial score (nSPS) is 19.8. The first-order valence-corrected chi connectivity index (χ1v) is 56.9. The van der Waals surface area contributed by atoms with Gasteiger partial charge in [-0.2, -0.15) is 0 Å². The predicted octanol–water partition coefficient (Wildman–Crippen LogP) is 28.4. The summed E-state index contributed by atoms with van der Waals surface area (Å²) < 4.78 is 30.8. The van der Waals surface area contributed by atoms with Crippen molar-refractivity contribution in [1.29, 1.82) is 0 Å². The fraction of sp³-hybridized carbons (Fsp3) is 0.452. The maximum absolute atomic E-state index is 15.2. The standard InChI is InChI=1S/C124H146N8O7S3/c1-7-12-16-20-24-31-41-92(42-32-25-21-17-13-8-2)132-123(135)102-62-58-96-94-56-60-100-115-101(61-57-95(113(94)115)97-59-63-103(124(132)136)116(102)114(96)97)122(134)131(121(100)133)82-139-108-73-86(69-89(108)11-5)50-53-91-71-87(75-110(91)137-78-125-76-88-52-64-104-107(72-88)130-81-128-68-38-36-46-106(128)118(130)117-105-45-35-37-67-127(105)80-129(104)117)51-54-90-70-85(49-48-84-39-29-28-30-40-84)74-109(90)138-79-126-77-93-55-66-112(141-93)120-99(44-34-27-23-19-15-10-4)98(43-33-26-22-18-14-9-3)119(142-120)111-65-47-83(6)140-111/h11,28-30,35-40,45-68,72,85-87,89-92,108-110,125-126H,5,7-10,12-27,31-34,41-44,69-71,73-82H2,1-4,6H3/q+4/b49-48-,53-50-,54-51-. The zero-order chi connectivity index (χ0) is 97.1. The number of ether oxygens (including phenoxy) is 3. The Labute approximate surface area is 852 Å². The quantitative estimate of drug-likeness (QED) is 0.00725. The van der Waals surface area contributed by atoms with Gasteiger partial charge >= 0.3 is 24.7 Å². The van der Waals surface area contributed by atoms with Crippen LogP contribution in [0.3, 0.4) is 0 Å². The molecule has 9 atom stereocenters. The Bertz CT molecular complexity index is 6660. The predicted molar refractivity (Wildman–Crippen MR) is 580 cm³/mol. The number of benzene rings is 7. The van der Waals surface area contributed by atoms with Crippen LogP contribution in [0.4, 0.5) is 0 Å². The van der Waals surface area contributed by atoms with Crippen molar-refractivity contribution in [2.75, 3.05) is 20.2 Å². The second-order valence-electron chi connectivity index (χ2n) is 42.0. The second kappa shape index (κ2) is 46.3. The van der Waals surface area contributed by atoms with Gasteiger partial charge in [0.1, 0.15) is 6.73 Å². The zero-order valence-electron chi connectivity index (χ0n) is 84.4. The number of pyridine rings is 2. The molecule has 20 rings (SSSR count). The molecular formula is C124H146N8O7S3+4. The van der Waals surface area contributed by atoms with Crippen LogP contribution in [0.15, 0.2) is 213 Å². The molecule has 18 heteroatoms. The molecule has 4 amide bonds. The molecule has 0 radical (unpaired) electrons. The van der Waals surface area contributed by atoms with Crippen LogP contribution in [0, 0.1) is 42.4 Å². The fourth-order valence-electron chi connectivity index (χ4n) is 24.8. The summed E-state index contributed by atoms with van der Waals surface area (Å²) in [5, 5.41) is 14.1. The summed E-state index contributed by atoms with van der Waals surface area (Å²) in [5.74, 6) is -0.0595. The Morgan fingerprint density at radius 3 is 1.39 bits per heavy atom. The van der Waals surface area contributed by atoms with E-state index in [0.717, 1.165) is 136 Å². The molecule has 15 nitrogen and oxygen atoms in total. The first-order valence-electron chi connectivity index (χ1n) is 54.5. The van der Waals surface area contributed by atoms with Gasteiger partial charge in [0.2, 0.25) is 0 Å². The van der Waals surface area contributed by atoms with Crippen LogP contribution in [0.25, 0.3) is 102 Å². The van der Waals surface area contributed by atoms with Crippen LogP contribution >= 0.6 is 34.0 Å². The highest BCUT2D eigenvalue weighted by atomic mass is 32.1. The molecule has 0 spiro atoms. The Morgan fingerprint density at radius 1 is 0.423 bits per heavy atom. The lowest BCUT2D eigenvalue weighted by molar-refractivity contribution is -0.881. The van der Waals surface area contributed by atoms with Gasteiger partial charge in [0.25, 0.3) is 46.0 Å². The lowest BCUT2D eigenvalue weighted by Crippen LogP contribution is -2.50.